The average molecular weight is 455 g/mol. The number of imidazole rings is 1. The summed E-state index contributed by atoms with van der Waals surface area (Å²) in [4.78, 5) is 17.6. The Hall–Kier alpha value is -2.32. The molecular weight excluding hydrogens is 420 g/mol. The van der Waals surface area contributed by atoms with Crippen molar-refractivity contribution in [2.24, 2.45) is 15.7 Å². The van der Waals surface area contributed by atoms with Crippen LogP contribution < -0.4 is 10.5 Å². The first-order valence-corrected chi connectivity index (χ1v) is 12.4. The molecule has 0 aliphatic carbocycles. The van der Waals surface area contributed by atoms with Gasteiger partial charge in [-0.05, 0) is 71.8 Å². The van der Waals surface area contributed by atoms with Gasteiger partial charge in [-0.1, -0.05) is 0 Å². The van der Waals surface area contributed by atoms with E-state index in [-0.39, 0.29) is 6.04 Å². The van der Waals surface area contributed by atoms with Gasteiger partial charge in [0.25, 0.3) is 0 Å². The fraction of sp³-hybridized carbons (Fsp3) is 0.542. The maximum atomic E-state index is 6.03. The number of nitrogens with zero attached hydrogens (tertiary/aromatic N) is 5. The first kappa shape index (κ1) is 22.9. The molecule has 0 radical (unpaired) electrons. The van der Waals surface area contributed by atoms with E-state index in [1.54, 1.807) is 0 Å². The molecule has 0 amide bonds. The lowest BCUT2D eigenvalue weighted by atomic mass is 10.1. The molecule has 1 saturated heterocycles. The number of aliphatic imine (C=N–C) groups is 2. The van der Waals surface area contributed by atoms with Crippen molar-refractivity contribution < 1.29 is 4.74 Å². The lowest BCUT2D eigenvalue weighted by Gasteiger charge is -2.34. The highest BCUT2D eigenvalue weighted by Gasteiger charge is 2.24. The first-order chi connectivity index (χ1) is 15.4. The number of likely N-dealkylation sites (tertiary alicyclic amines) is 1. The van der Waals surface area contributed by atoms with E-state index in [2.05, 4.69) is 51.5 Å². The summed E-state index contributed by atoms with van der Waals surface area (Å²) in [5.41, 5.74) is 7.33. The highest BCUT2D eigenvalue weighted by molar-refractivity contribution is 8.00. The summed E-state index contributed by atoms with van der Waals surface area (Å²) in [6.45, 7) is 12.3. The molecule has 0 bridgehead atoms. The number of hydrogen-bond acceptors (Lipinski definition) is 5. The second kappa shape index (κ2) is 10.1. The van der Waals surface area contributed by atoms with E-state index in [1.165, 1.54) is 37.2 Å². The van der Waals surface area contributed by atoms with Crippen LogP contribution in [0, 0.1) is 0 Å². The van der Waals surface area contributed by atoms with Crippen molar-refractivity contribution in [3.8, 4) is 17.1 Å². The molecule has 2 aliphatic rings. The number of amidine groups is 1. The maximum Gasteiger partial charge on any atom is 0.176 e. The van der Waals surface area contributed by atoms with Gasteiger partial charge in [-0.25, -0.2) is 9.98 Å². The van der Waals surface area contributed by atoms with E-state index in [0.29, 0.717) is 23.7 Å². The van der Waals surface area contributed by atoms with Crippen LogP contribution in [0.25, 0.3) is 11.4 Å². The number of benzene rings is 1. The van der Waals surface area contributed by atoms with E-state index in [1.807, 2.05) is 31.8 Å². The Morgan fingerprint density at radius 2 is 2.00 bits per heavy atom. The Bertz CT molecular complexity index is 988. The Kier molecular flexibility index (Phi) is 7.20. The molecule has 3 heterocycles. The molecule has 0 spiro atoms. The van der Waals surface area contributed by atoms with Gasteiger partial charge in [0, 0.05) is 28.4 Å². The third-order valence-corrected chi connectivity index (χ3v) is 7.21. The summed E-state index contributed by atoms with van der Waals surface area (Å²) in [7, 11) is 0. The van der Waals surface area contributed by atoms with Crippen LogP contribution in [0.3, 0.4) is 0 Å². The van der Waals surface area contributed by atoms with Gasteiger partial charge in [0.05, 0.1) is 18.4 Å². The zero-order valence-corrected chi connectivity index (χ0v) is 20.3. The summed E-state index contributed by atoms with van der Waals surface area (Å²) in [6.07, 6.45) is 5.73. The number of fused-ring (bicyclic) bond motifs is 3. The van der Waals surface area contributed by atoms with E-state index in [0.717, 1.165) is 29.4 Å². The van der Waals surface area contributed by atoms with E-state index in [9.17, 15) is 0 Å². The molecule has 172 valence electrons. The summed E-state index contributed by atoms with van der Waals surface area (Å²) >= 11 is 1.98. The van der Waals surface area contributed by atoms with Gasteiger partial charge in [0.15, 0.2) is 5.84 Å². The monoisotopic (exact) mass is 454 g/mol. The van der Waals surface area contributed by atoms with Gasteiger partial charge in [-0.15, -0.1) is 11.8 Å². The molecule has 1 aromatic carbocycles. The quantitative estimate of drug-likeness (QED) is 0.544. The Morgan fingerprint density at radius 1 is 1.22 bits per heavy atom. The molecule has 2 aliphatic heterocycles. The van der Waals surface area contributed by atoms with Crippen molar-refractivity contribution in [2.75, 3.05) is 19.7 Å². The minimum atomic E-state index is 0.107. The van der Waals surface area contributed by atoms with Crippen LogP contribution >= 0.6 is 11.8 Å². The first-order valence-electron chi connectivity index (χ1n) is 11.5. The molecule has 0 saturated carbocycles. The van der Waals surface area contributed by atoms with Crippen molar-refractivity contribution in [3.05, 3.63) is 30.1 Å². The number of piperidine rings is 1. The highest BCUT2D eigenvalue weighted by Crippen LogP contribution is 2.38. The zero-order valence-electron chi connectivity index (χ0n) is 19.5. The Labute approximate surface area is 195 Å². The normalized spacial score (nSPS) is 18.1. The predicted octanol–water partition coefficient (Wildman–Crippen LogP) is 4.05. The molecule has 32 heavy (non-hydrogen) atoms. The summed E-state index contributed by atoms with van der Waals surface area (Å²) in [5, 5.41) is 0.647. The fourth-order valence-electron chi connectivity index (χ4n) is 4.23. The smallest absolute Gasteiger partial charge is 0.176 e. The lowest BCUT2D eigenvalue weighted by Crippen LogP contribution is -2.39. The standard InChI is InChI=1S/C24H34N6OS/c1-16(2)27-23(26-15-25)21-14-30-11-12-31-22-6-5-19(13-20(22)24(30)28-21)32-18-7-9-29(10-8-18)17(3)4/h5-6,13-18H,7-12H2,1-4H3,(H2,25,26,27). The van der Waals surface area contributed by atoms with Crippen molar-refractivity contribution in [3.63, 3.8) is 0 Å². The number of ether oxygens (including phenoxy) is 1. The van der Waals surface area contributed by atoms with Crippen molar-refractivity contribution in [2.45, 2.75) is 69.3 Å². The topological polar surface area (TPSA) is 81.0 Å². The Morgan fingerprint density at radius 3 is 2.69 bits per heavy atom. The van der Waals surface area contributed by atoms with Gasteiger partial charge in [-0.2, -0.15) is 0 Å². The number of rotatable bonds is 5. The lowest BCUT2D eigenvalue weighted by molar-refractivity contribution is 0.188. The number of thioether (sulfide) groups is 1. The molecule has 0 unspecified atom stereocenters. The van der Waals surface area contributed by atoms with Gasteiger partial charge in [-0.3, -0.25) is 4.99 Å². The molecule has 2 N–H and O–H groups in total. The van der Waals surface area contributed by atoms with Gasteiger partial charge < -0.3 is 19.9 Å². The van der Waals surface area contributed by atoms with E-state index >= 15 is 0 Å². The van der Waals surface area contributed by atoms with Crippen molar-refractivity contribution >= 4 is 23.9 Å². The largest absolute Gasteiger partial charge is 0.491 e. The summed E-state index contributed by atoms with van der Waals surface area (Å²) in [5.74, 6) is 2.34. The second-order valence-corrected chi connectivity index (χ2v) is 10.3. The number of aromatic nitrogens is 2. The molecule has 7 nitrogen and oxygen atoms in total. The summed E-state index contributed by atoms with van der Waals surface area (Å²) in [6, 6.07) is 7.24. The molecular formula is C24H34N6OS. The van der Waals surface area contributed by atoms with Crippen LogP contribution in [-0.2, 0) is 6.54 Å². The van der Waals surface area contributed by atoms with Crippen LogP contribution in [0.4, 0.5) is 0 Å². The van der Waals surface area contributed by atoms with Gasteiger partial charge >= 0.3 is 0 Å². The van der Waals surface area contributed by atoms with Crippen LogP contribution in [0.5, 0.6) is 5.75 Å². The van der Waals surface area contributed by atoms with Crippen LogP contribution in [0.15, 0.2) is 39.3 Å². The van der Waals surface area contributed by atoms with Crippen molar-refractivity contribution in [1.29, 1.82) is 0 Å². The van der Waals surface area contributed by atoms with Crippen LogP contribution in [-0.4, -0.2) is 63.7 Å². The average Bonchev–Trinajstić information content (AvgIpc) is 3.11. The molecule has 1 aromatic heterocycles. The molecule has 2 aromatic rings. The predicted molar refractivity (Wildman–Crippen MR) is 133 cm³/mol. The van der Waals surface area contributed by atoms with Crippen molar-refractivity contribution in [1.82, 2.24) is 14.5 Å². The fourth-order valence-corrected chi connectivity index (χ4v) is 5.39. The van der Waals surface area contributed by atoms with Crippen LogP contribution in [0.2, 0.25) is 0 Å². The van der Waals surface area contributed by atoms with E-state index < -0.39 is 0 Å². The minimum Gasteiger partial charge on any atom is -0.491 e. The maximum absolute atomic E-state index is 6.03. The third-order valence-electron chi connectivity index (χ3n) is 5.87. The molecule has 0 atom stereocenters. The second-order valence-electron chi connectivity index (χ2n) is 8.92. The van der Waals surface area contributed by atoms with E-state index in [4.69, 9.17) is 15.5 Å². The van der Waals surface area contributed by atoms with Crippen LogP contribution in [0.1, 0.15) is 46.2 Å². The van der Waals surface area contributed by atoms with Gasteiger partial charge in [0.1, 0.15) is 23.9 Å². The number of nitrogens with two attached hydrogens (primary N) is 1. The molecule has 4 rings (SSSR count). The molecule has 1 fully saturated rings. The SMILES string of the molecule is CC(C)N=C(N=CN)c1cn2c(n1)-c1cc(SC3CCN(C(C)C)CC3)ccc1OCC2. The number of hydrogen-bond donors (Lipinski definition) is 1. The molecule has 8 heteroatoms. The zero-order chi connectivity index (χ0) is 22.7. The van der Waals surface area contributed by atoms with Gasteiger partial charge in [0.2, 0.25) is 0 Å². The minimum absolute atomic E-state index is 0.107. The Balaban J connectivity index is 1.60. The summed E-state index contributed by atoms with van der Waals surface area (Å²) < 4.78 is 8.17. The third kappa shape index (κ3) is 5.18. The highest BCUT2D eigenvalue weighted by atomic mass is 32.2.